The minimum Gasteiger partial charge on any atom is -0.366 e. The van der Waals surface area contributed by atoms with Gasteiger partial charge in [0.25, 0.3) is 0 Å². The van der Waals surface area contributed by atoms with E-state index in [-0.39, 0.29) is 11.4 Å². The molecule has 0 spiro atoms. The highest BCUT2D eigenvalue weighted by atomic mass is 19.1. The van der Waals surface area contributed by atoms with Crippen LogP contribution in [-0.4, -0.2) is 44.8 Å². The molecule has 0 saturated carbocycles. The Morgan fingerprint density at radius 1 is 1.09 bits per heavy atom. The molecular formula is C23H24FN7O. The Balaban J connectivity index is 1.44. The van der Waals surface area contributed by atoms with Crippen molar-refractivity contribution in [2.75, 3.05) is 23.3 Å². The molecule has 0 aliphatic carbocycles. The van der Waals surface area contributed by atoms with Gasteiger partial charge in [0.2, 0.25) is 5.56 Å². The van der Waals surface area contributed by atoms with Crippen molar-refractivity contribution in [3.8, 4) is 11.3 Å². The van der Waals surface area contributed by atoms with E-state index in [1.807, 2.05) is 24.3 Å². The molecule has 4 heterocycles. The number of anilines is 3. The maximum atomic E-state index is 15.0. The van der Waals surface area contributed by atoms with E-state index in [2.05, 4.69) is 44.4 Å². The standard InChI is InChI=1S/C23H24FN7O/c1-14-11-30(12-15(2)28-14)21-5-3-17(10-18(21)24)29-19-4-6-20(31-23(19)26-13-27-31)16-7-8-25-22(32)9-16/h3-10,13-15,28-29H,11-12H2,1-2H3,(H,25,32)/t14-,15+. The third-order valence-electron chi connectivity index (χ3n) is 5.62. The third kappa shape index (κ3) is 3.82. The van der Waals surface area contributed by atoms with Gasteiger partial charge in [0.05, 0.1) is 17.1 Å². The molecular weight excluding hydrogens is 409 g/mol. The number of aromatic nitrogens is 4. The lowest BCUT2D eigenvalue weighted by Crippen LogP contribution is -2.54. The Morgan fingerprint density at radius 2 is 1.91 bits per heavy atom. The summed E-state index contributed by atoms with van der Waals surface area (Å²) in [6.45, 7) is 5.74. The highest BCUT2D eigenvalue weighted by molar-refractivity contribution is 5.77. The van der Waals surface area contributed by atoms with Crippen molar-refractivity contribution in [2.24, 2.45) is 0 Å². The predicted molar refractivity (Wildman–Crippen MR) is 123 cm³/mol. The zero-order valence-electron chi connectivity index (χ0n) is 17.8. The molecule has 3 N–H and O–H groups in total. The highest BCUT2D eigenvalue weighted by Gasteiger charge is 2.23. The normalized spacial score (nSPS) is 18.8. The summed E-state index contributed by atoms with van der Waals surface area (Å²) in [6.07, 6.45) is 3.05. The number of fused-ring (bicyclic) bond motifs is 1. The van der Waals surface area contributed by atoms with Crippen molar-refractivity contribution in [1.29, 1.82) is 0 Å². The Labute approximate surface area is 184 Å². The number of aromatic amines is 1. The van der Waals surface area contributed by atoms with Crippen LogP contribution < -0.4 is 21.1 Å². The molecule has 1 aliphatic rings. The van der Waals surface area contributed by atoms with E-state index >= 15 is 4.39 Å². The van der Waals surface area contributed by atoms with Crippen LogP contribution in [0.3, 0.4) is 0 Å². The average molecular weight is 433 g/mol. The summed E-state index contributed by atoms with van der Waals surface area (Å²) < 4.78 is 16.7. The molecule has 0 amide bonds. The molecule has 1 aromatic carbocycles. The molecule has 3 aromatic heterocycles. The summed E-state index contributed by atoms with van der Waals surface area (Å²) >= 11 is 0. The number of piperazine rings is 1. The van der Waals surface area contributed by atoms with E-state index in [4.69, 9.17) is 0 Å². The van der Waals surface area contributed by atoms with Gasteiger partial charge in [0.15, 0.2) is 5.65 Å². The number of benzene rings is 1. The lowest BCUT2D eigenvalue weighted by atomic mass is 10.1. The van der Waals surface area contributed by atoms with Gasteiger partial charge in [0, 0.05) is 48.7 Å². The summed E-state index contributed by atoms with van der Waals surface area (Å²) in [7, 11) is 0. The van der Waals surface area contributed by atoms with Crippen LogP contribution in [0.1, 0.15) is 13.8 Å². The minimum absolute atomic E-state index is 0.193. The van der Waals surface area contributed by atoms with E-state index in [0.717, 1.165) is 24.3 Å². The second kappa shape index (κ2) is 8.08. The second-order valence-corrected chi connectivity index (χ2v) is 8.23. The molecule has 0 bridgehead atoms. The number of nitrogens with zero attached hydrogens (tertiary/aromatic N) is 4. The second-order valence-electron chi connectivity index (χ2n) is 8.23. The molecule has 1 saturated heterocycles. The van der Waals surface area contributed by atoms with Crippen molar-refractivity contribution < 1.29 is 4.39 Å². The van der Waals surface area contributed by atoms with E-state index < -0.39 is 0 Å². The molecule has 4 aromatic rings. The fraction of sp³-hybridized carbons (Fsp3) is 0.261. The van der Waals surface area contributed by atoms with E-state index in [9.17, 15) is 4.79 Å². The van der Waals surface area contributed by atoms with Crippen molar-refractivity contribution in [3.63, 3.8) is 0 Å². The molecule has 2 atom stereocenters. The quantitative estimate of drug-likeness (QED) is 0.458. The lowest BCUT2D eigenvalue weighted by Gasteiger charge is -2.37. The van der Waals surface area contributed by atoms with Gasteiger partial charge in [-0.25, -0.2) is 13.9 Å². The molecule has 9 heteroatoms. The highest BCUT2D eigenvalue weighted by Crippen LogP contribution is 2.29. The van der Waals surface area contributed by atoms with Gasteiger partial charge in [-0.2, -0.15) is 5.10 Å². The number of nitrogens with one attached hydrogen (secondary N) is 3. The topological polar surface area (TPSA) is 90.3 Å². The predicted octanol–water partition coefficient (Wildman–Crippen LogP) is 3.15. The van der Waals surface area contributed by atoms with Crippen LogP contribution in [0.4, 0.5) is 21.5 Å². The summed E-state index contributed by atoms with van der Waals surface area (Å²) in [4.78, 5) is 20.7. The molecule has 164 valence electrons. The van der Waals surface area contributed by atoms with Gasteiger partial charge in [-0.15, -0.1) is 0 Å². The summed E-state index contributed by atoms with van der Waals surface area (Å²) in [6, 6.07) is 12.8. The maximum absolute atomic E-state index is 15.0. The smallest absolute Gasteiger partial charge is 0.248 e. The third-order valence-corrected chi connectivity index (χ3v) is 5.62. The fourth-order valence-electron chi connectivity index (χ4n) is 4.35. The van der Waals surface area contributed by atoms with E-state index in [1.165, 1.54) is 18.5 Å². The first-order chi connectivity index (χ1) is 15.5. The van der Waals surface area contributed by atoms with Crippen LogP contribution in [0.2, 0.25) is 0 Å². The Hall–Kier alpha value is -3.72. The minimum atomic E-state index is -0.270. The average Bonchev–Trinajstić information content (AvgIpc) is 3.24. The van der Waals surface area contributed by atoms with Crippen LogP contribution >= 0.6 is 0 Å². The SMILES string of the molecule is C[C@@H]1CN(c2ccc(Nc3ccc(-c4cc[nH]c(=O)c4)n4ncnc34)cc2F)C[C@H](C)N1. The molecule has 0 unspecified atom stereocenters. The zero-order valence-corrected chi connectivity index (χ0v) is 17.8. The molecule has 8 nitrogen and oxygen atoms in total. The number of halogens is 1. The van der Waals surface area contributed by atoms with Gasteiger partial charge in [-0.05, 0) is 50.2 Å². The maximum Gasteiger partial charge on any atom is 0.248 e. The van der Waals surface area contributed by atoms with Gasteiger partial charge < -0.3 is 20.5 Å². The van der Waals surface area contributed by atoms with Crippen molar-refractivity contribution in [3.05, 3.63) is 71.2 Å². The molecule has 1 aliphatic heterocycles. The van der Waals surface area contributed by atoms with Gasteiger partial charge in [-0.3, -0.25) is 4.79 Å². The van der Waals surface area contributed by atoms with E-state index in [1.54, 1.807) is 16.8 Å². The first-order valence-corrected chi connectivity index (χ1v) is 10.6. The number of H-pyrrole nitrogens is 1. The van der Waals surface area contributed by atoms with Gasteiger partial charge >= 0.3 is 0 Å². The first-order valence-electron chi connectivity index (χ1n) is 10.6. The van der Waals surface area contributed by atoms with Crippen molar-refractivity contribution in [1.82, 2.24) is 24.9 Å². The monoisotopic (exact) mass is 433 g/mol. The number of hydrogen-bond acceptors (Lipinski definition) is 6. The van der Waals surface area contributed by atoms with Crippen LogP contribution in [0.25, 0.3) is 16.9 Å². The van der Waals surface area contributed by atoms with E-state index in [0.29, 0.717) is 34.8 Å². The Bertz CT molecular complexity index is 1320. The number of hydrogen-bond donors (Lipinski definition) is 3. The van der Waals surface area contributed by atoms with Crippen LogP contribution in [0.15, 0.2) is 59.8 Å². The van der Waals surface area contributed by atoms with Crippen LogP contribution in [0, 0.1) is 5.82 Å². The Kier molecular flexibility index (Phi) is 5.10. The van der Waals surface area contributed by atoms with Crippen LogP contribution in [-0.2, 0) is 0 Å². The Morgan fingerprint density at radius 3 is 2.66 bits per heavy atom. The van der Waals surface area contributed by atoms with Crippen molar-refractivity contribution in [2.45, 2.75) is 25.9 Å². The molecule has 32 heavy (non-hydrogen) atoms. The fourth-order valence-corrected chi connectivity index (χ4v) is 4.35. The molecule has 1 fully saturated rings. The largest absolute Gasteiger partial charge is 0.366 e. The number of pyridine rings is 2. The first kappa shape index (κ1) is 20.2. The van der Waals surface area contributed by atoms with Crippen molar-refractivity contribution >= 4 is 22.7 Å². The summed E-state index contributed by atoms with van der Waals surface area (Å²) in [5.41, 5.74) is 3.76. The number of rotatable bonds is 4. The van der Waals surface area contributed by atoms with Gasteiger partial charge in [0.1, 0.15) is 12.1 Å². The summed E-state index contributed by atoms with van der Waals surface area (Å²) in [5, 5.41) is 11.0. The van der Waals surface area contributed by atoms with Crippen LogP contribution in [0.5, 0.6) is 0 Å². The van der Waals surface area contributed by atoms with Gasteiger partial charge in [-0.1, -0.05) is 0 Å². The molecule has 0 radical (unpaired) electrons. The zero-order chi connectivity index (χ0) is 22.2. The lowest BCUT2D eigenvalue weighted by molar-refractivity contribution is 0.404. The summed E-state index contributed by atoms with van der Waals surface area (Å²) in [5.74, 6) is -0.270. The molecule has 5 rings (SSSR count).